The topological polar surface area (TPSA) is 90.1 Å². The number of amides is 1. The fraction of sp³-hybridized carbons (Fsp3) is 0.357. The van der Waals surface area contributed by atoms with Crippen LogP contribution in [0.1, 0.15) is 17.0 Å². The van der Waals surface area contributed by atoms with Crippen LogP contribution in [0.3, 0.4) is 0 Å². The number of nitrogens with zero attached hydrogens (tertiary/aromatic N) is 2. The highest BCUT2D eigenvalue weighted by atomic mass is 32.1. The molecule has 0 fully saturated rings. The number of aryl methyl sites for hydroxylation is 1. The summed E-state index contributed by atoms with van der Waals surface area (Å²) >= 11 is 1.35. The molecule has 0 bridgehead atoms. The van der Waals surface area contributed by atoms with E-state index in [4.69, 9.17) is 10.5 Å². The van der Waals surface area contributed by atoms with Crippen molar-refractivity contribution in [1.29, 1.82) is 0 Å². The monoisotopic (exact) mass is 306 g/mol. The summed E-state index contributed by atoms with van der Waals surface area (Å²) in [6, 6.07) is 7.89. The molecular weight excluding hydrogens is 288 g/mol. The molecule has 2 aromatic rings. The predicted octanol–water partition coefficient (Wildman–Crippen LogP) is 1.76. The molecule has 0 atom stereocenters. The van der Waals surface area contributed by atoms with Crippen molar-refractivity contribution in [3.63, 3.8) is 0 Å². The molecule has 0 saturated carbocycles. The molecule has 0 unspecified atom stereocenters. The number of carbonyl (C=O) groups excluding carboxylic acids is 1. The van der Waals surface area contributed by atoms with Crippen molar-refractivity contribution in [3.8, 4) is 5.75 Å². The number of benzene rings is 1. The minimum Gasteiger partial charge on any atom is -0.493 e. The Labute approximate surface area is 127 Å². The van der Waals surface area contributed by atoms with E-state index in [-0.39, 0.29) is 12.3 Å². The van der Waals surface area contributed by atoms with Gasteiger partial charge in [-0.15, -0.1) is 10.2 Å². The molecule has 3 N–H and O–H groups in total. The van der Waals surface area contributed by atoms with E-state index in [1.807, 2.05) is 31.2 Å². The lowest BCUT2D eigenvalue weighted by molar-refractivity contribution is -0.116. The number of hydrogen-bond acceptors (Lipinski definition) is 6. The van der Waals surface area contributed by atoms with Crippen molar-refractivity contribution in [1.82, 2.24) is 10.2 Å². The van der Waals surface area contributed by atoms with E-state index >= 15 is 0 Å². The summed E-state index contributed by atoms with van der Waals surface area (Å²) in [6.45, 7) is 2.87. The molecule has 7 heteroatoms. The molecule has 21 heavy (non-hydrogen) atoms. The number of anilines is 1. The Morgan fingerprint density at radius 1 is 1.43 bits per heavy atom. The van der Waals surface area contributed by atoms with Gasteiger partial charge in [0.1, 0.15) is 10.8 Å². The van der Waals surface area contributed by atoms with E-state index in [0.717, 1.165) is 16.3 Å². The fourth-order valence-corrected chi connectivity index (χ4v) is 2.42. The summed E-state index contributed by atoms with van der Waals surface area (Å²) in [4.78, 5) is 11.4. The van der Waals surface area contributed by atoms with Crippen LogP contribution in [0, 0.1) is 6.92 Å². The van der Waals surface area contributed by atoms with Crippen LogP contribution in [0.5, 0.6) is 5.75 Å². The molecular formula is C14H18N4O2S. The molecule has 0 radical (unpaired) electrons. The van der Waals surface area contributed by atoms with Gasteiger partial charge in [0, 0.05) is 19.4 Å². The largest absolute Gasteiger partial charge is 0.493 e. The normalized spacial score (nSPS) is 10.4. The van der Waals surface area contributed by atoms with Crippen LogP contribution in [0.25, 0.3) is 0 Å². The minimum atomic E-state index is -0.142. The van der Waals surface area contributed by atoms with Crippen molar-refractivity contribution in [3.05, 3.63) is 34.8 Å². The SMILES string of the molecule is Cc1cccc(OCCc2nnc(NC(=O)CCN)s2)c1. The summed E-state index contributed by atoms with van der Waals surface area (Å²) in [5, 5.41) is 11.9. The van der Waals surface area contributed by atoms with Gasteiger partial charge in [0.05, 0.1) is 6.61 Å². The first-order chi connectivity index (χ1) is 10.2. The second-order valence-corrected chi connectivity index (χ2v) is 5.56. The third kappa shape index (κ3) is 5.13. The first kappa shape index (κ1) is 15.4. The van der Waals surface area contributed by atoms with Gasteiger partial charge in [0.25, 0.3) is 0 Å². The Morgan fingerprint density at radius 3 is 3.05 bits per heavy atom. The van der Waals surface area contributed by atoms with Gasteiger partial charge in [-0.25, -0.2) is 0 Å². The van der Waals surface area contributed by atoms with E-state index in [2.05, 4.69) is 15.5 Å². The zero-order chi connectivity index (χ0) is 15.1. The molecule has 0 spiro atoms. The lowest BCUT2D eigenvalue weighted by Gasteiger charge is -2.04. The Morgan fingerprint density at radius 2 is 2.29 bits per heavy atom. The van der Waals surface area contributed by atoms with Gasteiger partial charge in [0.2, 0.25) is 11.0 Å². The Kier molecular flexibility index (Phi) is 5.65. The molecule has 0 saturated heterocycles. The maximum absolute atomic E-state index is 11.4. The Balaban J connectivity index is 1.79. The standard InChI is InChI=1S/C14H18N4O2S/c1-10-3-2-4-11(9-10)20-8-6-13-17-18-14(21-13)16-12(19)5-7-15/h2-4,9H,5-8,15H2,1H3,(H,16,18,19). The molecule has 112 valence electrons. The second-order valence-electron chi connectivity index (χ2n) is 4.50. The van der Waals surface area contributed by atoms with Crippen molar-refractivity contribution < 1.29 is 9.53 Å². The van der Waals surface area contributed by atoms with E-state index in [1.54, 1.807) is 0 Å². The van der Waals surface area contributed by atoms with Gasteiger partial charge in [-0.3, -0.25) is 4.79 Å². The summed E-state index contributed by atoms with van der Waals surface area (Å²) in [6.07, 6.45) is 0.934. The fourth-order valence-electron chi connectivity index (χ4n) is 1.68. The second kappa shape index (κ2) is 7.70. The van der Waals surface area contributed by atoms with Gasteiger partial charge < -0.3 is 15.8 Å². The molecule has 0 aliphatic rings. The summed E-state index contributed by atoms with van der Waals surface area (Å²) < 4.78 is 5.65. The minimum absolute atomic E-state index is 0.142. The molecule has 1 amide bonds. The Hall–Kier alpha value is -1.99. The smallest absolute Gasteiger partial charge is 0.227 e. The molecule has 1 heterocycles. The maximum atomic E-state index is 11.4. The number of nitrogens with two attached hydrogens (primary N) is 1. The highest BCUT2D eigenvalue weighted by Crippen LogP contribution is 2.17. The summed E-state index contributed by atoms with van der Waals surface area (Å²) in [7, 11) is 0. The average molecular weight is 306 g/mol. The maximum Gasteiger partial charge on any atom is 0.227 e. The number of carbonyl (C=O) groups is 1. The molecule has 0 aliphatic heterocycles. The Bertz CT molecular complexity index is 600. The first-order valence-corrected chi connectivity index (χ1v) is 7.51. The van der Waals surface area contributed by atoms with Crippen molar-refractivity contribution >= 4 is 22.4 Å². The molecule has 0 aliphatic carbocycles. The van der Waals surface area contributed by atoms with E-state index < -0.39 is 0 Å². The van der Waals surface area contributed by atoms with E-state index in [1.165, 1.54) is 11.3 Å². The van der Waals surface area contributed by atoms with Crippen LogP contribution in [-0.4, -0.2) is 29.3 Å². The third-order valence-electron chi connectivity index (χ3n) is 2.66. The first-order valence-electron chi connectivity index (χ1n) is 6.69. The predicted molar refractivity (Wildman–Crippen MR) is 82.6 cm³/mol. The average Bonchev–Trinajstić information content (AvgIpc) is 2.86. The highest BCUT2D eigenvalue weighted by Gasteiger charge is 2.07. The molecule has 2 rings (SSSR count). The zero-order valence-electron chi connectivity index (χ0n) is 11.8. The van der Waals surface area contributed by atoms with Gasteiger partial charge in [-0.2, -0.15) is 0 Å². The molecule has 1 aromatic heterocycles. The zero-order valence-corrected chi connectivity index (χ0v) is 12.7. The van der Waals surface area contributed by atoms with Crippen molar-refractivity contribution in [2.45, 2.75) is 19.8 Å². The third-order valence-corrected chi connectivity index (χ3v) is 3.56. The van der Waals surface area contributed by atoms with Gasteiger partial charge in [0.15, 0.2) is 0 Å². The van der Waals surface area contributed by atoms with E-state index in [0.29, 0.717) is 24.7 Å². The number of ether oxygens (including phenoxy) is 1. The number of nitrogens with one attached hydrogen (secondary N) is 1. The van der Waals surface area contributed by atoms with Gasteiger partial charge in [-0.1, -0.05) is 23.5 Å². The summed E-state index contributed by atoms with van der Waals surface area (Å²) in [5.41, 5.74) is 6.47. The van der Waals surface area contributed by atoms with Gasteiger partial charge in [-0.05, 0) is 24.6 Å². The number of hydrogen-bond donors (Lipinski definition) is 2. The summed E-state index contributed by atoms with van der Waals surface area (Å²) in [5.74, 6) is 0.701. The highest BCUT2D eigenvalue weighted by molar-refractivity contribution is 7.15. The van der Waals surface area contributed by atoms with E-state index in [9.17, 15) is 4.79 Å². The molecule has 6 nitrogen and oxygen atoms in total. The van der Waals surface area contributed by atoms with Crippen LogP contribution < -0.4 is 15.8 Å². The number of rotatable bonds is 7. The van der Waals surface area contributed by atoms with Crippen LogP contribution in [0.4, 0.5) is 5.13 Å². The van der Waals surface area contributed by atoms with Crippen LogP contribution in [0.15, 0.2) is 24.3 Å². The quantitative estimate of drug-likeness (QED) is 0.813. The lowest BCUT2D eigenvalue weighted by Crippen LogP contribution is -2.15. The van der Waals surface area contributed by atoms with Crippen molar-refractivity contribution in [2.24, 2.45) is 5.73 Å². The lowest BCUT2D eigenvalue weighted by atomic mass is 10.2. The number of aromatic nitrogens is 2. The van der Waals surface area contributed by atoms with Gasteiger partial charge >= 0.3 is 0 Å². The van der Waals surface area contributed by atoms with Crippen LogP contribution >= 0.6 is 11.3 Å². The van der Waals surface area contributed by atoms with Crippen molar-refractivity contribution in [2.75, 3.05) is 18.5 Å². The van der Waals surface area contributed by atoms with Crippen LogP contribution in [-0.2, 0) is 11.2 Å². The van der Waals surface area contributed by atoms with Crippen LogP contribution in [0.2, 0.25) is 0 Å². The molecule has 1 aromatic carbocycles.